The summed E-state index contributed by atoms with van der Waals surface area (Å²) in [5.41, 5.74) is 5.11. The topological polar surface area (TPSA) is 105 Å². The highest BCUT2D eigenvalue weighted by atomic mass is 16.5. The molecule has 2 amide bonds. The molecular weight excluding hydrogens is 444 g/mol. The highest BCUT2D eigenvalue weighted by Crippen LogP contribution is 2.44. The molecule has 0 bridgehead atoms. The van der Waals surface area contributed by atoms with E-state index in [0.29, 0.717) is 5.69 Å². The van der Waals surface area contributed by atoms with Crippen LogP contribution in [0.2, 0.25) is 0 Å². The molecule has 2 aliphatic carbocycles. The van der Waals surface area contributed by atoms with Crippen LogP contribution in [0.4, 0.5) is 10.5 Å². The molecule has 3 aromatic rings. The number of alkyl carbamates (subject to hydrolysis) is 1. The summed E-state index contributed by atoms with van der Waals surface area (Å²) in [6, 6.07) is 22.0. The third-order valence-electron chi connectivity index (χ3n) is 6.64. The summed E-state index contributed by atoms with van der Waals surface area (Å²) >= 11 is 0. The SMILES string of the molecule is O=C(CC(NC(=O)OCC1c2ccccc2-c2ccccc21)C1CC1)Nc1cccc(C(=O)O)c1. The van der Waals surface area contributed by atoms with Gasteiger partial charge in [0.05, 0.1) is 5.56 Å². The zero-order valence-electron chi connectivity index (χ0n) is 19.1. The Balaban J connectivity index is 1.19. The summed E-state index contributed by atoms with van der Waals surface area (Å²) in [5, 5.41) is 14.7. The fourth-order valence-electron chi connectivity index (χ4n) is 4.77. The Labute approximate surface area is 203 Å². The van der Waals surface area contributed by atoms with Gasteiger partial charge in [0.15, 0.2) is 0 Å². The Morgan fingerprint density at radius 1 is 0.914 bits per heavy atom. The van der Waals surface area contributed by atoms with Gasteiger partial charge in [-0.2, -0.15) is 0 Å². The fraction of sp³-hybridized carbons (Fsp3) is 0.250. The van der Waals surface area contributed by atoms with Crippen molar-refractivity contribution in [2.75, 3.05) is 11.9 Å². The first-order valence-corrected chi connectivity index (χ1v) is 11.7. The standard InChI is InChI=1S/C28H26N2O5/c31-26(29-19-7-5-6-18(14-19)27(32)33)15-25(17-12-13-17)30-28(34)35-16-24-22-10-3-1-8-20(22)21-9-2-4-11-23(21)24/h1-11,14,17,24-25H,12-13,15-16H2,(H,29,31)(H,30,34)(H,32,33). The molecule has 3 N–H and O–H groups in total. The van der Waals surface area contributed by atoms with Crippen molar-refractivity contribution in [3.8, 4) is 11.1 Å². The summed E-state index contributed by atoms with van der Waals surface area (Å²) in [4.78, 5) is 36.5. The van der Waals surface area contributed by atoms with Crippen molar-refractivity contribution in [2.24, 2.45) is 5.92 Å². The number of aromatic carboxylic acids is 1. The largest absolute Gasteiger partial charge is 0.478 e. The van der Waals surface area contributed by atoms with E-state index in [0.717, 1.165) is 35.1 Å². The van der Waals surface area contributed by atoms with Crippen molar-refractivity contribution in [2.45, 2.75) is 31.2 Å². The van der Waals surface area contributed by atoms with Crippen molar-refractivity contribution in [1.29, 1.82) is 0 Å². The maximum atomic E-state index is 12.7. The van der Waals surface area contributed by atoms with Crippen LogP contribution in [-0.2, 0) is 9.53 Å². The molecule has 5 rings (SSSR count). The fourth-order valence-corrected chi connectivity index (χ4v) is 4.77. The Hall–Kier alpha value is -4.13. The third kappa shape index (κ3) is 5.04. The molecule has 0 aliphatic heterocycles. The predicted molar refractivity (Wildman–Crippen MR) is 131 cm³/mol. The van der Waals surface area contributed by atoms with Crippen LogP contribution in [0.3, 0.4) is 0 Å². The first kappa shape index (κ1) is 22.7. The quantitative estimate of drug-likeness (QED) is 0.428. The number of nitrogens with one attached hydrogen (secondary N) is 2. The minimum absolute atomic E-state index is 0.0302. The number of benzene rings is 3. The second-order valence-corrected chi connectivity index (χ2v) is 9.05. The van der Waals surface area contributed by atoms with E-state index in [1.54, 1.807) is 12.1 Å². The molecule has 1 saturated carbocycles. The van der Waals surface area contributed by atoms with E-state index in [1.165, 1.54) is 12.1 Å². The molecule has 2 aliphatic rings. The van der Waals surface area contributed by atoms with Crippen molar-refractivity contribution < 1.29 is 24.2 Å². The van der Waals surface area contributed by atoms with Crippen LogP contribution in [-0.4, -0.2) is 35.7 Å². The lowest BCUT2D eigenvalue weighted by Gasteiger charge is -2.19. The number of carbonyl (C=O) groups excluding carboxylic acids is 2. The number of carboxylic acids is 1. The average molecular weight is 471 g/mol. The molecule has 178 valence electrons. The molecule has 0 spiro atoms. The van der Waals surface area contributed by atoms with Gasteiger partial charge in [0.25, 0.3) is 0 Å². The normalized spacial score (nSPS) is 15.0. The first-order valence-electron chi connectivity index (χ1n) is 11.7. The predicted octanol–water partition coefficient (Wildman–Crippen LogP) is 5.03. The van der Waals surface area contributed by atoms with Crippen LogP contribution < -0.4 is 10.6 Å². The van der Waals surface area contributed by atoms with E-state index in [1.807, 2.05) is 24.3 Å². The Kier molecular flexibility index (Phi) is 6.23. The number of rotatable bonds is 8. The molecule has 7 nitrogen and oxygen atoms in total. The maximum absolute atomic E-state index is 12.7. The number of hydrogen-bond donors (Lipinski definition) is 3. The Morgan fingerprint density at radius 3 is 2.20 bits per heavy atom. The molecule has 7 heteroatoms. The van der Waals surface area contributed by atoms with Crippen LogP contribution in [0.15, 0.2) is 72.8 Å². The van der Waals surface area contributed by atoms with Gasteiger partial charge in [-0.3, -0.25) is 4.79 Å². The summed E-state index contributed by atoms with van der Waals surface area (Å²) in [7, 11) is 0. The van der Waals surface area contributed by atoms with Crippen molar-refractivity contribution in [3.05, 3.63) is 89.5 Å². The highest BCUT2D eigenvalue weighted by Gasteiger charge is 2.35. The lowest BCUT2D eigenvalue weighted by molar-refractivity contribution is -0.116. The molecule has 3 aromatic carbocycles. The number of anilines is 1. The highest BCUT2D eigenvalue weighted by molar-refractivity contribution is 5.94. The van der Waals surface area contributed by atoms with Crippen LogP contribution in [0.25, 0.3) is 11.1 Å². The summed E-state index contributed by atoms with van der Waals surface area (Å²) < 4.78 is 5.64. The second kappa shape index (κ2) is 9.62. The molecular formula is C28H26N2O5. The van der Waals surface area contributed by atoms with Gasteiger partial charge < -0.3 is 20.5 Å². The molecule has 1 unspecified atom stereocenters. The molecule has 1 fully saturated rings. The van der Waals surface area contributed by atoms with Crippen LogP contribution in [0.1, 0.15) is 46.7 Å². The first-order chi connectivity index (χ1) is 17.0. The van der Waals surface area contributed by atoms with E-state index >= 15 is 0 Å². The zero-order chi connectivity index (χ0) is 24.4. The Morgan fingerprint density at radius 2 is 1.57 bits per heavy atom. The van der Waals surface area contributed by atoms with Gasteiger partial charge >= 0.3 is 12.1 Å². The van der Waals surface area contributed by atoms with Gasteiger partial charge in [0.1, 0.15) is 6.61 Å². The van der Waals surface area contributed by atoms with Crippen molar-refractivity contribution in [3.63, 3.8) is 0 Å². The number of carboxylic acid groups (broad SMARTS) is 1. The Bertz CT molecular complexity index is 1240. The summed E-state index contributed by atoms with van der Waals surface area (Å²) in [5.74, 6) is -1.15. The molecule has 35 heavy (non-hydrogen) atoms. The number of fused-ring (bicyclic) bond motifs is 3. The molecule has 0 aromatic heterocycles. The minimum Gasteiger partial charge on any atom is -0.478 e. The van der Waals surface area contributed by atoms with Crippen LogP contribution >= 0.6 is 0 Å². The van der Waals surface area contributed by atoms with E-state index in [4.69, 9.17) is 9.84 Å². The number of carbonyl (C=O) groups is 3. The smallest absolute Gasteiger partial charge is 0.407 e. The molecule has 0 radical (unpaired) electrons. The van der Waals surface area contributed by atoms with Gasteiger partial charge in [0.2, 0.25) is 5.91 Å². The number of hydrogen-bond acceptors (Lipinski definition) is 4. The number of amides is 2. The van der Waals surface area contributed by atoms with Crippen LogP contribution in [0, 0.1) is 5.92 Å². The van der Waals surface area contributed by atoms with Crippen molar-refractivity contribution >= 4 is 23.7 Å². The van der Waals surface area contributed by atoms with Gasteiger partial charge in [-0.25, -0.2) is 9.59 Å². The minimum atomic E-state index is -1.06. The summed E-state index contributed by atoms with van der Waals surface area (Å²) in [6.07, 6.45) is 1.43. The van der Waals surface area contributed by atoms with Crippen molar-refractivity contribution in [1.82, 2.24) is 5.32 Å². The van der Waals surface area contributed by atoms with E-state index in [-0.39, 0.29) is 42.4 Å². The molecule has 0 saturated heterocycles. The van der Waals surface area contributed by atoms with Gasteiger partial charge in [-0.15, -0.1) is 0 Å². The monoisotopic (exact) mass is 470 g/mol. The van der Waals surface area contributed by atoms with Gasteiger partial charge in [-0.05, 0) is 59.2 Å². The van der Waals surface area contributed by atoms with Gasteiger partial charge in [0, 0.05) is 24.1 Å². The average Bonchev–Trinajstić information content (AvgIpc) is 3.65. The molecule has 1 atom stereocenters. The summed E-state index contributed by atoms with van der Waals surface area (Å²) in [6.45, 7) is 0.214. The van der Waals surface area contributed by atoms with Crippen LogP contribution in [0.5, 0.6) is 0 Å². The lowest BCUT2D eigenvalue weighted by atomic mass is 9.98. The second-order valence-electron chi connectivity index (χ2n) is 9.05. The van der Waals surface area contributed by atoms with E-state index < -0.39 is 12.1 Å². The van der Waals surface area contributed by atoms with E-state index in [2.05, 4.69) is 34.9 Å². The molecule has 0 heterocycles. The van der Waals surface area contributed by atoms with E-state index in [9.17, 15) is 14.4 Å². The third-order valence-corrected chi connectivity index (χ3v) is 6.64. The zero-order valence-corrected chi connectivity index (χ0v) is 19.1. The lowest BCUT2D eigenvalue weighted by Crippen LogP contribution is -2.40. The number of ether oxygens (including phenoxy) is 1. The van der Waals surface area contributed by atoms with Gasteiger partial charge in [-0.1, -0.05) is 54.6 Å². The maximum Gasteiger partial charge on any atom is 0.407 e.